The summed E-state index contributed by atoms with van der Waals surface area (Å²) in [6.07, 6.45) is 2.02. The lowest BCUT2D eigenvalue weighted by Crippen LogP contribution is -2.22. The number of rotatable bonds is 4. The molecule has 0 atom stereocenters. The van der Waals surface area contributed by atoms with Crippen LogP contribution in [0.5, 0.6) is 0 Å². The zero-order valence-electron chi connectivity index (χ0n) is 13.0. The van der Waals surface area contributed by atoms with Crippen molar-refractivity contribution < 1.29 is 9.59 Å². The molecule has 1 heterocycles. The molecular formula is C18H17N3O2. The average molecular weight is 307 g/mol. The summed E-state index contributed by atoms with van der Waals surface area (Å²) in [5.41, 5.74) is 8.25. The van der Waals surface area contributed by atoms with Crippen LogP contribution >= 0.6 is 0 Å². The molecule has 2 N–H and O–H groups in total. The Morgan fingerprint density at radius 1 is 1.04 bits per heavy atom. The molecule has 1 aromatic heterocycles. The predicted molar refractivity (Wildman–Crippen MR) is 89.1 cm³/mol. The van der Waals surface area contributed by atoms with E-state index in [1.165, 1.54) is 0 Å². The second-order valence-electron chi connectivity index (χ2n) is 5.75. The van der Waals surface area contributed by atoms with Crippen molar-refractivity contribution in [2.24, 2.45) is 5.73 Å². The molecule has 23 heavy (non-hydrogen) atoms. The molecular weight excluding hydrogens is 290 g/mol. The van der Waals surface area contributed by atoms with Gasteiger partial charge in [-0.25, -0.2) is 0 Å². The van der Waals surface area contributed by atoms with Gasteiger partial charge in [0.2, 0.25) is 5.78 Å². The number of carbonyl (C=O) groups excluding carboxylic acids is 2. The van der Waals surface area contributed by atoms with Crippen molar-refractivity contribution >= 4 is 22.6 Å². The Morgan fingerprint density at radius 3 is 2.30 bits per heavy atom. The van der Waals surface area contributed by atoms with Gasteiger partial charge >= 0.3 is 0 Å². The number of nitrogens with two attached hydrogens (primary N) is 1. The number of Topliss-reactive ketones (excluding diaryl/α,β-unsaturated/α-hetero) is 1. The van der Waals surface area contributed by atoms with Crippen LogP contribution in [-0.4, -0.2) is 21.5 Å². The Kier molecular flexibility index (Phi) is 3.70. The van der Waals surface area contributed by atoms with Crippen LogP contribution in [0.25, 0.3) is 22.0 Å². The molecule has 0 fully saturated rings. The van der Waals surface area contributed by atoms with Gasteiger partial charge in [-0.05, 0) is 37.1 Å². The fourth-order valence-corrected chi connectivity index (χ4v) is 2.45. The normalized spacial score (nSPS) is 11.1. The van der Waals surface area contributed by atoms with Gasteiger partial charge < -0.3 is 5.73 Å². The van der Waals surface area contributed by atoms with E-state index in [-0.39, 0.29) is 0 Å². The van der Waals surface area contributed by atoms with Crippen molar-refractivity contribution in [1.82, 2.24) is 9.78 Å². The van der Waals surface area contributed by atoms with Crippen LogP contribution in [-0.2, 0) is 4.79 Å². The Hall–Kier alpha value is -2.95. The van der Waals surface area contributed by atoms with Crippen molar-refractivity contribution in [1.29, 1.82) is 0 Å². The summed E-state index contributed by atoms with van der Waals surface area (Å²) < 4.78 is 1.93. The van der Waals surface area contributed by atoms with Crippen LogP contribution in [0.15, 0.2) is 48.7 Å². The van der Waals surface area contributed by atoms with Crippen molar-refractivity contribution in [3.8, 4) is 11.1 Å². The number of carbonyl (C=O) groups is 2. The molecule has 0 aliphatic carbocycles. The van der Waals surface area contributed by atoms with E-state index < -0.39 is 11.7 Å². The molecule has 3 rings (SSSR count). The van der Waals surface area contributed by atoms with E-state index in [1.54, 1.807) is 12.1 Å². The molecule has 0 saturated carbocycles. The van der Waals surface area contributed by atoms with Gasteiger partial charge in [0.25, 0.3) is 5.91 Å². The summed E-state index contributed by atoms with van der Waals surface area (Å²) in [7, 11) is 0. The molecule has 0 unspecified atom stereocenters. The summed E-state index contributed by atoms with van der Waals surface area (Å²) in [4.78, 5) is 22.5. The molecule has 0 saturated heterocycles. The summed E-state index contributed by atoms with van der Waals surface area (Å²) >= 11 is 0. The van der Waals surface area contributed by atoms with Crippen molar-refractivity contribution in [3.05, 3.63) is 54.2 Å². The van der Waals surface area contributed by atoms with E-state index in [4.69, 9.17) is 5.73 Å². The number of hydrogen-bond donors (Lipinski definition) is 1. The second kappa shape index (κ2) is 5.68. The third-order valence-corrected chi connectivity index (χ3v) is 3.76. The lowest BCUT2D eigenvalue weighted by atomic mass is 10.0. The number of nitrogens with zero attached hydrogens (tertiary/aromatic N) is 2. The molecule has 0 spiro atoms. The van der Waals surface area contributed by atoms with Gasteiger partial charge in [-0.3, -0.25) is 14.3 Å². The van der Waals surface area contributed by atoms with E-state index in [2.05, 4.69) is 25.0 Å². The number of benzene rings is 2. The number of amides is 1. The molecule has 0 bridgehead atoms. The highest BCUT2D eigenvalue weighted by molar-refractivity contribution is 6.42. The fraction of sp³-hybridized carbons (Fsp3) is 0.167. The Balaban J connectivity index is 1.96. The summed E-state index contributed by atoms with van der Waals surface area (Å²) in [5, 5.41) is 5.59. The first-order valence-corrected chi connectivity index (χ1v) is 7.39. The largest absolute Gasteiger partial charge is 0.363 e. The lowest BCUT2D eigenvalue weighted by Gasteiger charge is -2.03. The smallest absolute Gasteiger partial charge is 0.289 e. The first-order chi connectivity index (χ1) is 11.0. The maximum absolute atomic E-state index is 11.5. The minimum absolute atomic E-state index is 0.301. The van der Waals surface area contributed by atoms with Gasteiger partial charge in [0.05, 0.1) is 5.52 Å². The van der Waals surface area contributed by atoms with E-state index in [0.717, 1.165) is 22.0 Å². The number of primary amides is 1. The van der Waals surface area contributed by atoms with Crippen molar-refractivity contribution in [2.75, 3.05) is 0 Å². The lowest BCUT2D eigenvalue weighted by molar-refractivity contribution is -0.114. The predicted octanol–water partition coefficient (Wildman–Crippen LogP) is 2.95. The summed E-state index contributed by atoms with van der Waals surface area (Å²) in [5.74, 6) is -1.62. The quantitative estimate of drug-likeness (QED) is 0.594. The minimum Gasteiger partial charge on any atom is -0.363 e. The van der Waals surface area contributed by atoms with E-state index in [0.29, 0.717) is 11.6 Å². The minimum atomic E-state index is -0.944. The Labute approximate surface area is 133 Å². The van der Waals surface area contributed by atoms with Gasteiger partial charge in [0.1, 0.15) is 0 Å². The molecule has 116 valence electrons. The topological polar surface area (TPSA) is 78.0 Å². The van der Waals surface area contributed by atoms with Gasteiger partial charge in [-0.2, -0.15) is 5.10 Å². The molecule has 1 amide bonds. The third kappa shape index (κ3) is 2.85. The van der Waals surface area contributed by atoms with E-state index in [1.807, 2.05) is 35.1 Å². The highest BCUT2D eigenvalue weighted by atomic mass is 16.2. The SMILES string of the molecule is CC(C)n1cc2cc(-c3ccc(C(=O)C(N)=O)cc3)ccc2n1. The first-order valence-electron chi connectivity index (χ1n) is 7.39. The van der Waals surface area contributed by atoms with Crippen molar-refractivity contribution in [3.63, 3.8) is 0 Å². The molecule has 5 heteroatoms. The van der Waals surface area contributed by atoms with Gasteiger partial charge in [-0.15, -0.1) is 0 Å². The maximum Gasteiger partial charge on any atom is 0.289 e. The summed E-state index contributed by atoms with van der Waals surface area (Å²) in [6, 6.07) is 13.2. The number of fused-ring (bicyclic) bond motifs is 1. The zero-order valence-corrected chi connectivity index (χ0v) is 13.0. The highest BCUT2D eigenvalue weighted by Crippen LogP contribution is 2.25. The number of aromatic nitrogens is 2. The van der Waals surface area contributed by atoms with Crippen LogP contribution in [0.4, 0.5) is 0 Å². The van der Waals surface area contributed by atoms with E-state index >= 15 is 0 Å². The average Bonchev–Trinajstić information content (AvgIpc) is 2.97. The Bertz CT molecular complexity index is 892. The molecule has 0 aliphatic heterocycles. The molecule has 0 aliphatic rings. The maximum atomic E-state index is 11.5. The first kappa shape index (κ1) is 15.0. The standard InChI is InChI=1S/C18H17N3O2/c1-11(2)21-10-15-9-14(7-8-16(15)20-21)12-3-5-13(6-4-12)17(22)18(19)23/h3-11H,1-2H3,(H2,19,23). The molecule has 5 nitrogen and oxygen atoms in total. The molecule has 0 radical (unpaired) electrons. The third-order valence-electron chi connectivity index (χ3n) is 3.76. The fourth-order valence-electron chi connectivity index (χ4n) is 2.45. The zero-order chi connectivity index (χ0) is 16.6. The van der Waals surface area contributed by atoms with Gasteiger partial charge in [0.15, 0.2) is 0 Å². The van der Waals surface area contributed by atoms with E-state index in [9.17, 15) is 9.59 Å². The van der Waals surface area contributed by atoms with Crippen molar-refractivity contribution in [2.45, 2.75) is 19.9 Å². The van der Waals surface area contributed by atoms with Gasteiger partial charge in [-0.1, -0.05) is 30.3 Å². The molecule has 2 aromatic carbocycles. The summed E-state index contributed by atoms with van der Waals surface area (Å²) in [6.45, 7) is 4.17. The van der Waals surface area contributed by atoms with Crippen LogP contribution in [0, 0.1) is 0 Å². The van der Waals surface area contributed by atoms with Crippen LogP contribution < -0.4 is 5.73 Å². The monoisotopic (exact) mass is 307 g/mol. The number of ketones is 1. The number of hydrogen-bond acceptors (Lipinski definition) is 3. The van der Waals surface area contributed by atoms with Crippen LogP contribution in [0.3, 0.4) is 0 Å². The Morgan fingerprint density at radius 2 is 1.70 bits per heavy atom. The van der Waals surface area contributed by atoms with Crippen LogP contribution in [0.1, 0.15) is 30.2 Å². The highest BCUT2D eigenvalue weighted by Gasteiger charge is 2.12. The van der Waals surface area contributed by atoms with Gasteiger partial charge in [0, 0.05) is 23.2 Å². The second-order valence-corrected chi connectivity index (χ2v) is 5.75. The molecule has 3 aromatic rings. The van der Waals surface area contributed by atoms with Crippen LogP contribution in [0.2, 0.25) is 0 Å².